The molecular formula is C18H28IN3O3. The standard InChI is InChI=1S/C18H27N3O3.HI/c1-17(2)15(11-18(17,3)22-4)21-16(19)20-12-6-7-13-14(10-12)24-9-5-8-23-13;/h6-7,10,15H,5,8-9,11H2,1-4H3,(H3,19,20,21);1H. The minimum atomic E-state index is -0.156. The molecule has 2 unspecified atom stereocenters. The van der Waals surface area contributed by atoms with E-state index >= 15 is 0 Å². The third-order valence-corrected chi connectivity index (χ3v) is 5.54. The van der Waals surface area contributed by atoms with E-state index in [9.17, 15) is 0 Å². The number of benzene rings is 1. The second kappa shape index (κ2) is 7.57. The number of ether oxygens (including phenoxy) is 3. The van der Waals surface area contributed by atoms with Gasteiger partial charge >= 0.3 is 0 Å². The van der Waals surface area contributed by atoms with Crippen molar-refractivity contribution < 1.29 is 14.2 Å². The molecular weight excluding hydrogens is 433 g/mol. The third-order valence-electron chi connectivity index (χ3n) is 5.54. The van der Waals surface area contributed by atoms with Crippen LogP contribution >= 0.6 is 24.0 Å². The van der Waals surface area contributed by atoms with Crippen molar-refractivity contribution in [2.45, 2.75) is 45.3 Å². The molecule has 1 aliphatic heterocycles. The van der Waals surface area contributed by atoms with Gasteiger partial charge in [0, 0.05) is 30.7 Å². The van der Waals surface area contributed by atoms with Crippen molar-refractivity contribution in [1.29, 1.82) is 0 Å². The average Bonchev–Trinajstić information content (AvgIpc) is 2.79. The molecule has 0 bridgehead atoms. The summed E-state index contributed by atoms with van der Waals surface area (Å²) in [5.74, 6) is 1.91. The van der Waals surface area contributed by atoms with Crippen LogP contribution in [0, 0.1) is 5.41 Å². The predicted molar refractivity (Wildman–Crippen MR) is 110 cm³/mol. The molecule has 0 radical (unpaired) electrons. The number of nitrogens with two attached hydrogens (primary N) is 1. The summed E-state index contributed by atoms with van der Waals surface area (Å²) in [4.78, 5) is 4.64. The lowest BCUT2D eigenvalue weighted by Gasteiger charge is -2.57. The summed E-state index contributed by atoms with van der Waals surface area (Å²) in [7, 11) is 1.75. The third kappa shape index (κ3) is 3.81. The Balaban J connectivity index is 0.00000225. The normalized spacial score (nSPS) is 27.5. The first-order valence-corrected chi connectivity index (χ1v) is 8.41. The first-order valence-electron chi connectivity index (χ1n) is 8.41. The lowest BCUT2D eigenvalue weighted by atomic mass is 9.56. The van der Waals surface area contributed by atoms with Gasteiger partial charge in [-0.3, -0.25) is 0 Å². The lowest BCUT2D eigenvalue weighted by molar-refractivity contribution is -0.171. The van der Waals surface area contributed by atoms with Crippen molar-refractivity contribution in [3.8, 4) is 11.5 Å². The zero-order valence-electron chi connectivity index (χ0n) is 15.3. The van der Waals surface area contributed by atoms with Gasteiger partial charge in [-0.1, -0.05) is 13.8 Å². The molecule has 0 aromatic heterocycles. The number of guanidine groups is 1. The number of rotatable bonds is 3. The molecule has 0 amide bonds. The van der Waals surface area contributed by atoms with E-state index in [4.69, 9.17) is 19.9 Å². The minimum absolute atomic E-state index is 0. The number of anilines is 1. The number of nitrogens with zero attached hydrogens (tertiary/aromatic N) is 1. The van der Waals surface area contributed by atoms with E-state index in [2.05, 4.69) is 31.1 Å². The fourth-order valence-corrected chi connectivity index (χ4v) is 3.25. The fraction of sp³-hybridized carbons (Fsp3) is 0.611. The van der Waals surface area contributed by atoms with E-state index in [0.29, 0.717) is 19.2 Å². The fourth-order valence-electron chi connectivity index (χ4n) is 3.25. The van der Waals surface area contributed by atoms with Crippen LogP contribution in [0.5, 0.6) is 11.5 Å². The molecule has 3 rings (SSSR count). The Morgan fingerprint density at radius 2 is 1.92 bits per heavy atom. The smallest absolute Gasteiger partial charge is 0.193 e. The summed E-state index contributed by atoms with van der Waals surface area (Å²) in [6.07, 6.45) is 1.75. The summed E-state index contributed by atoms with van der Waals surface area (Å²) in [6, 6.07) is 5.84. The van der Waals surface area contributed by atoms with Gasteiger partial charge in [-0.2, -0.15) is 0 Å². The quantitative estimate of drug-likeness (QED) is 0.410. The van der Waals surface area contributed by atoms with Crippen molar-refractivity contribution in [3.63, 3.8) is 0 Å². The van der Waals surface area contributed by atoms with Crippen LogP contribution < -0.4 is 20.5 Å². The van der Waals surface area contributed by atoms with Crippen LogP contribution in [0.4, 0.5) is 5.69 Å². The Morgan fingerprint density at radius 1 is 1.24 bits per heavy atom. The van der Waals surface area contributed by atoms with Gasteiger partial charge in [0.1, 0.15) is 0 Å². The van der Waals surface area contributed by atoms with E-state index in [1.807, 2.05) is 18.2 Å². The molecule has 1 fully saturated rings. The Bertz CT molecular complexity index is 650. The zero-order chi connectivity index (χ0) is 17.4. The highest BCUT2D eigenvalue weighted by Gasteiger charge is 2.58. The van der Waals surface area contributed by atoms with Gasteiger partial charge in [-0.15, -0.1) is 24.0 Å². The van der Waals surface area contributed by atoms with Crippen LogP contribution in [0.1, 0.15) is 33.6 Å². The Labute approximate surface area is 166 Å². The molecule has 2 aliphatic rings. The number of hydrogen-bond acceptors (Lipinski definition) is 4. The summed E-state index contributed by atoms with van der Waals surface area (Å²) in [6.45, 7) is 7.78. The van der Waals surface area contributed by atoms with Gasteiger partial charge < -0.3 is 25.3 Å². The van der Waals surface area contributed by atoms with Crippen LogP contribution in [-0.4, -0.2) is 37.9 Å². The first-order chi connectivity index (χ1) is 11.4. The average molecular weight is 461 g/mol. The van der Waals surface area contributed by atoms with E-state index in [1.165, 1.54) is 0 Å². The van der Waals surface area contributed by atoms with Crippen molar-refractivity contribution in [2.75, 3.05) is 25.6 Å². The van der Waals surface area contributed by atoms with Gasteiger partial charge in [0.25, 0.3) is 0 Å². The van der Waals surface area contributed by atoms with Crippen molar-refractivity contribution in [2.24, 2.45) is 16.1 Å². The number of halogens is 1. The number of aliphatic imine (C=N–C) groups is 1. The molecule has 1 heterocycles. The van der Waals surface area contributed by atoms with Crippen LogP contribution in [0.15, 0.2) is 23.2 Å². The van der Waals surface area contributed by atoms with Crippen LogP contribution in [0.3, 0.4) is 0 Å². The molecule has 1 aliphatic carbocycles. The zero-order valence-corrected chi connectivity index (χ0v) is 17.6. The van der Waals surface area contributed by atoms with E-state index < -0.39 is 0 Å². The van der Waals surface area contributed by atoms with Gasteiger partial charge in [0.15, 0.2) is 17.5 Å². The Morgan fingerprint density at radius 3 is 2.56 bits per heavy atom. The highest BCUT2D eigenvalue weighted by molar-refractivity contribution is 14.0. The van der Waals surface area contributed by atoms with Crippen molar-refractivity contribution >= 4 is 35.6 Å². The Hall–Kier alpha value is -1.22. The molecule has 2 atom stereocenters. The maximum Gasteiger partial charge on any atom is 0.193 e. The van der Waals surface area contributed by atoms with E-state index in [0.717, 1.165) is 30.0 Å². The molecule has 25 heavy (non-hydrogen) atoms. The minimum Gasteiger partial charge on any atom is -0.490 e. The topological polar surface area (TPSA) is 78.1 Å². The number of methoxy groups -OCH3 is 1. The van der Waals surface area contributed by atoms with Gasteiger partial charge in [-0.05, 0) is 25.5 Å². The first kappa shape index (κ1) is 20.1. The molecule has 1 aromatic carbocycles. The van der Waals surface area contributed by atoms with Gasteiger partial charge in [-0.25, -0.2) is 4.99 Å². The molecule has 3 N–H and O–H groups in total. The van der Waals surface area contributed by atoms with Gasteiger partial charge in [0.2, 0.25) is 0 Å². The largest absolute Gasteiger partial charge is 0.490 e. The molecule has 0 saturated heterocycles. The SMILES string of the molecule is COC1(C)CC(N=C(N)Nc2ccc3c(c2)OCCCO3)C1(C)C.I. The Kier molecular flexibility index (Phi) is 6.09. The van der Waals surface area contributed by atoms with Crippen LogP contribution in [0.2, 0.25) is 0 Å². The second-order valence-corrected chi connectivity index (χ2v) is 7.23. The maximum atomic E-state index is 6.10. The van der Waals surface area contributed by atoms with E-state index in [1.54, 1.807) is 7.11 Å². The van der Waals surface area contributed by atoms with Gasteiger partial charge in [0.05, 0.1) is 24.9 Å². The molecule has 7 heteroatoms. The predicted octanol–water partition coefficient (Wildman–Crippen LogP) is 3.40. The number of fused-ring (bicyclic) bond motifs is 1. The molecule has 0 spiro atoms. The summed E-state index contributed by atoms with van der Waals surface area (Å²) < 4.78 is 17.0. The van der Waals surface area contributed by atoms with Crippen LogP contribution in [0.25, 0.3) is 0 Å². The highest BCUT2D eigenvalue weighted by atomic mass is 127. The number of hydrogen-bond donors (Lipinski definition) is 2. The summed E-state index contributed by atoms with van der Waals surface area (Å²) in [5, 5.41) is 3.15. The van der Waals surface area contributed by atoms with Crippen molar-refractivity contribution in [1.82, 2.24) is 0 Å². The second-order valence-electron chi connectivity index (χ2n) is 7.23. The monoisotopic (exact) mass is 461 g/mol. The maximum absolute atomic E-state index is 6.10. The lowest BCUT2D eigenvalue weighted by Crippen LogP contribution is -2.62. The summed E-state index contributed by atoms with van der Waals surface area (Å²) >= 11 is 0. The molecule has 6 nitrogen and oxygen atoms in total. The number of nitrogens with one attached hydrogen (secondary N) is 1. The molecule has 1 saturated carbocycles. The van der Waals surface area contributed by atoms with Crippen LogP contribution in [-0.2, 0) is 4.74 Å². The summed E-state index contributed by atoms with van der Waals surface area (Å²) in [5.41, 5.74) is 6.73. The highest BCUT2D eigenvalue weighted by Crippen LogP contribution is 2.53. The van der Waals surface area contributed by atoms with Crippen molar-refractivity contribution in [3.05, 3.63) is 18.2 Å². The van der Waals surface area contributed by atoms with E-state index in [-0.39, 0.29) is 41.0 Å². The molecule has 140 valence electrons. The molecule has 1 aromatic rings.